The normalized spacial score (nSPS) is 11.6. The number of nitrogens with zero attached hydrogens (tertiary/aromatic N) is 3. The van der Waals surface area contributed by atoms with Crippen molar-refractivity contribution >= 4 is 17.2 Å². The number of likely N-dealkylation sites (N-methyl/N-ethyl adjacent to an activating group) is 1. The first-order valence-electron chi connectivity index (χ1n) is 5.26. The molecule has 5 nitrogen and oxygen atoms in total. The third-order valence-electron chi connectivity index (χ3n) is 2.65. The fourth-order valence-corrected chi connectivity index (χ4v) is 1.03. The molecule has 0 saturated carbocycles. The summed E-state index contributed by atoms with van der Waals surface area (Å²) in [6.45, 7) is 4.63. The van der Waals surface area contributed by atoms with E-state index in [1.165, 1.54) is 0 Å². The van der Waals surface area contributed by atoms with Gasteiger partial charge in [-0.1, -0.05) is 12.2 Å². The molecule has 0 radical (unpaired) electrons. The van der Waals surface area contributed by atoms with Crippen LogP contribution in [-0.2, 0) is 0 Å². The molecule has 0 amide bonds. The third kappa shape index (κ3) is 3.90. The van der Waals surface area contributed by atoms with Crippen LogP contribution < -0.4 is 10.5 Å². The maximum Gasteiger partial charge on any atom is 0.317 e. The van der Waals surface area contributed by atoms with Gasteiger partial charge in [0.15, 0.2) is 0 Å². The van der Waals surface area contributed by atoms with Crippen LogP contribution in [0.3, 0.4) is 0 Å². The molecule has 0 aliphatic heterocycles. The zero-order valence-corrected chi connectivity index (χ0v) is 11.4. The van der Waals surface area contributed by atoms with E-state index in [-0.39, 0.29) is 10.5 Å². The Balaban J connectivity index is 2.70. The molecule has 1 rings (SSSR count). The molecule has 0 spiro atoms. The summed E-state index contributed by atoms with van der Waals surface area (Å²) in [7, 11) is 3.99. The van der Waals surface area contributed by atoms with E-state index in [4.69, 9.17) is 22.7 Å². The highest BCUT2D eigenvalue weighted by Crippen LogP contribution is 2.12. The lowest BCUT2D eigenvalue weighted by molar-refractivity contribution is 0.108. The summed E-state index contributed by atoms with van der Waals surface area (Å²) in [4.78, 5) is 10.4. The fourth-order valence-electron chi connectivity index (χ4n) is 0.918. The molecule has 0 aliphatic carbocycles. The lowest BCUT2D eigenvalue weighted by Gasteiger charge is -2.31. The van der Waals surface area contributed by atoms with E-state index >= 15 is 0 Å². The van der Waals surface area contributed by atoms with E-state index in [2.05, 4.69) is 28.7 Å². The van der Waals surface area contributed by atoms with Crippen LogP contribution in [0.15, 0.2) is 12.3 Å². The largest absolute Gasteiger partial charge is 0.461 e. The number of hydrogen-bond donors (Lipinski definition) is 1. The molecule has 0 unspecified atom stereocenters. The molecular weight excluding hydrogens is 236 g/mol. The van der Waals surface area contributed by atoms with Crippen LogP contribution in [0.1, 0.15) is 19.5 Å². The summed E-state index contributed by atoms with van der Waals surface area (Å²) < 4.78 is 5.54. The molecule has 94 valence electrons. The predicted octanol–water partition coefficient (Wildman–Crippen LogP) is 0.830. The van der Waals surface area contributed by atoms with Gasteiger partial charge >= 0.3 is 6.01 Å². The van der Waals surface area contributed by atoms with Crippen molar-refractivity contribution in [3.8, 4) is 6.01 Å². The molecule has 0 bridgehead atoms. The Morgan fingerprint density at radius 3 is 2.71 bits per heavy atom. The van der Waals surface area contributed by atoms with Gasteiger partial charge in [0.2, 0.25) is 0 Å². The molecule has 1 heterocycles. The monoisotopic (exact) mass is 254 g/mol. The van der Waals surface area contributed by atoms with Crippen LogP contribution in [0.25, 0.3) is 0 Å². The van der Waals surface area contributed by atoms with Crippen LogP contribution in [0, 0.1) is 0 Å². The van der Waals surface area contributed by atoms with Crippen molar-refractivity contribution in [3.63, 3.8) is 0 Å². The molecule has 0 fully saturated rings. The molecule has 0 aromatic carbocycles. The summed E-state index contributed by atoms with van der Waals surface area (Å²) in [5.41, 5.74) is 5.92. The van der Waals surface area contributed by atoms with Crippen molar-refractivity contribution in [1.29, 1.82) is 0 Å². The van der Waals surface area contributed by atoms with Crippen molar-refractivity contribution in [2.75, 3.05) is 20.7 Å². The first-order valence-corrected chi connectivity index (χ1v) is 5.67. The Morgan fingerprint density at radius 1 is 1.53 bits per heavy atom. The van der Waals surface area contributed by atoms with E-state index in [0.29, 0.717) is 18.3 Å². The first kappa shape index (κ1) is 13.8. The van der Waals surface area contributed by atoms with Gasteiger partial charge in [0.05, 0.1) is 0 Å². The number of rotatable bonds is 5. The highest BCUT2D eigenvalue weighted by Gasteiger charge is 2.21. The van der Waals surface area contributed by atoms with Crippen molar-refractivity contribution < 1.29 is 4.74 Å². The number of aromatic nitrogens is 2. The minimum atomic E-state index is -0.0947. The molecule has 6 heteroatoms. The summed E-state index contributed by atoms with van der Waals surface area (Å²) in [5, 5.41) is 0. The van der Waals surface area contributed by atoms with Crippen LogP contribution in [0.5, 0.6) is 6.01 Å². The highest BCUT2D eigenvalue weighted by molar-refractivity contribution is 7.80. The molecule has 0 saturated heterocycles. The van der Waals surface area contributed by atoms with E-state index in [0.717, 1.165) is 0 Å². The molecular formula is C11H18N4OS. The standard InChI is InChI=1S/C11H18N4OS/c1-11(2,15(3)4)7-16-10-13-6-5-8(14-10)9(12)17/h5-6H,7H2,1-4H3,(H2,12,17). The van der Waals surface area contributed by atoms with Gasteiger partial charge in [-0.15, -0.1) is 0 Å². The predicted molar refractivity (Wildman–Crippen MR) is 71.2 cm³/mol. The van der Waals surface area contributed by atoms with Crippen LogP contribution >= 0.6 is 12.2 Å². The Morgan fingerprint density at radius 2 is 2.18 bits per heavy atom. The van der Waals surface area contributed by atoms with Gasteiger partial charge in [-0.25, -0.2) is 4.98 Å². The van der Waals surface area contributed by atoms with Crippen LogP contribution in [0.2, 0.25) is 0 Å². The number of nitrogens with two attached hydrogens (primary N) is 1. The van der Waals surface area contributed by atoms with Gasteiger partial charge in [0.25, 0.3) is 0 Å². The van der Waals surface area contributed by atoms with Crippen molar-refractivity contribution in [1.82, 2.24) is 14.9 Å². The fraction of sp³-hybridized carbons (Fsp3) is 0.545. The number of hydrogen-bond acceptors (Lipinski definition) is 5. The molecule has 0 atom stereocenters. The second kappa shape index (κ2) is 5.37. The van der Waals surface area contributed by atoms with E-state index in [9.17, 15) is 0 Å². The van der Waals surface area contributed by atoms with Gasteiger partial charge in [0, 0.05) is 11.7 Å². The van der Waals surface area contributed by atoms with Crippen LogP contribution in [0.4, 0.5) is 0 Å². The average molecular weight is 254 g/mol. The Labute approximate surface area is 107 Å². The lowest BCUT2D eigenvalue weighted by atomic mass is 10.1. The zero-order chi connectivity index (χ0) is 13.1. The lowest BCUT2D eigenvalue weighted by Crippen LogP contribution is -2.43. The number of ether oxygens (including phenoxy) is 1. The maximum atomic E-state index is 5.54. The number of thiocarbonyl (C=S) groups is 1. The van der Waals surface area contributed by atoms with Gasteiger partial charge in [-0.3, -0.25) is 0 Å². The quantitative estimate of drug-likeness (QED) is 0.785. The molecule has 0 aliphatic rings. The van der Waals surface area contributed by atoms with Crippen molar-refractivity contribution in [2.45, 2.75) is 19.4 Å². The molecule has 1 aromatic rings. The Bertz CT molecular complexity index is 406. The summed E-state index contributed by atoms with van der Waals surface area (Å²) in [6.07, 6.45) is 1.58. The second-order valence-electron chi connectivity index (χ2n) is 4.58. The topological polar surface area (TPSA) is 64.3 Å². The first-order chi connectivity index (χ1) is 7.83. The van der Waals surface area contributed by atoms with E-state index < -0.39 is 0 Å². The average Bonchev–Trinajstić information content (AvgIpc) is 2.26. The SMILES string of the molecule is CN(C)C(C)(C)COc1nccc(C(N)=S)n1. The molecule has 17 heavy (non-hydrogen) atoms. The van der Waals surface area contributed by atoms with Gasteiger partial charge < -0.3 is 15.4 Å². The van der Waals surface area contributed by atoms with Gasteiger partial charge in [-0.05, 0) is 34.0 Å². The van der Waals surface area contributed by atoms with Crippen LogP contribution in [-0.4, -0.2) is 46.1 Å². The van der Waals surface area contributed by atoms with Gasteiger partial charge in [0.1, 0.15) is 17.3 Å². The minimum absolute atomic E-state index is 0.0947. The molecule has 1 aromatic heterocycles. The molecule has 2 N–H and O–H groups in total. The maximum absolute atomic E-state index is 5.54. The Kier molecular flexibility index (Phi) is 4.36. The van der Waals surface area contributed by atoms with E-state index in [1.54, 1.807) is 12.3 Å². The highest BCUT2D eigenvalue weighted by atomic mass is 32.1. The minimum Gasteiger partial charge on any atom is -0.461 e. The van der Waals surface area contributed by atoms with Crippen molar-refractivity contribution in [3.05, 3.63) is 18.0 Å². The van der Waals surface area contributed by atoms with Gasteiger partial charge in [-0.2, -0.15) is 4.98 Å². The smallest absolute Gasteiger partial charge is 0.317 e. The summed E-state index contributed by atoms with van der Waals surface area (Å²) in [6, 6.07) is 1.96. The van der Waals surface area contributed by atoms with E-state index in [1.807, 2.05) is 14.1 Å². The summed E-state index contributed by atoms with van der Waals surface area (Å²) in [5.74, 6) is 0. The second-order valence-corrected chi connectivity index (χ2v) is 5.02. The summed E-state index contributed by atoms with van der Waals surface area (Å²) >= 11 is 4.84. The third-order valence-corrected chi connectivity index (χ3v) is 2.86. The Hall–Kier alpha value is -1.27. The van der Waals surface area contributed by atoms with Crippen molar-refractivity contribution in [2.24, 2.45) is 5.73 Å². The zero-order valence-electron chi connectivity index (χ0n) is 10.6.